The molecule has 0 saturated heterocycles. The van der Waals surface area contributed by atoms with Crippen LogP contribution in [0.5, 0.6) is 5.75 Å². The summed E-state index contributed by atoms with van der Waals surface area (Å²) < 4.78 is 12.9. The van der Waals surface area contributed by atoms with Crippen LogP contribution >= 0.6 is 31.9 Å². The first-order chi connectivity index (χ1) is 9.83. The van der Waals surface area contributed by atoms with Gasteiger partial charge in [0.05, 0.1) is 22.2 Å². The first-order valence-electron chi connectivity index (χ1n) is 7.14. The summed E-state index contributed by atoms with van der Waals surface area (Å²) in [6.07, 6.45) is 1.02. The van der Waals surface area contributed by atoms with Crippen molar-refractivity contribution in [2.75, 3.05) is 26.9 Å². The lowest BCUT2D eigenvalue weighted by Gasteiger charge is -2.19. The van der Waals surface area contributed by atoms with Crippen LogP contribution in [-0.4, -0.2) is 26.9 Å². The van der Waals surface area contributed by atoms with E-state index < -0.39 is 0 Å². The van der Waals surface area contributed by atoms with Gasteiger partial charge in [-0.05, 0) is 61.4 Å². The Morgan fingerprint density at radius 1 is 1.10 bits per heavy atom. The van der Waals surface area contributed by atoms with Crippen LogP contribution in [0.25, 0.3) is 0 Å². The van der Waals surface area contributed by atoms with Gasteiger partial charge in [-0.15, -0.1) is 0 Å². The molecule has 0 fully saturated rings. The van der Waals surface area contributed by atoms with E-state index in [0.717, 1.165) is 40.8 Å². The van der Waals surface area contributed by atoms with Crippen LogP contribution in [0.4, 0.5) is 0 Å². The lowest BCUT2D eigenvalue weighted by atomic mass is 9.93. The predicted molar refractivity (Wildman–Crippen MR) is 95.0 cm³/mol. The van der Waals surface area contributed by atoms with Crippen molar-refractivity contribution in [1.29, 1.82) is 0 Å². The zero-order valence-electron chi connectivity index (χ0n) is 13.3. The highest BCUT2D eigenvalue weighted by Gasteiger charge is 2.13. The highest BCUT2D eigenvalue weighted by molar-refractivity contribution is 9.11. The van der Waals surface area contributed by atoms with E-state index in [1.807, 2.05) is 0 Å². The fourth-order valence-corrected chi connectivity index (χ4v) is 3.23. The molecule has 0 aliphatic rings. The molecule has 0 unspecified atom stereocenters. The van der Waals surface area contributed by atoms with Gasteiger partial charge >= 0.3 is 0 Å². The second kappa shape index (κ2) is 9.13. The molecule has 5 heteroatoms. The van der Waals surface area contributed by atoms with Crippen LogP contribution in [-0.2, 0) is 11.3 Å². The number of hydrogen-bond acceptors (Lipinski definition) is 3. The standard InChI is InChI=1S/C16H25Br2NO2/c1-16(2,3)5-7-21-15-13(17)9-12(10-14(15)18)11-19-6-8-20-4/h9-10,19H,5-8,11H2,1-4H3. The molecule has 21 heavy (non-hydrogen) atoms. The van der Waals surface area contributed by atoms with Gasteiger partial charge in [0.2, 0.25) is 0 Å². The molecule has 3 nitrogen and oxygen atoms in total. The SMILES string of the molecule is COCCNCc1cc(Br)c(OCCC(C)(C)C)c(Br)c1. The zero-order valence-corrected chi connectivity index (χ0v) is 16.4. The summed E-state index contributed by atoms with van der Waals surface area (Å²) in [5, 5.41) is 3.33. The fraction of sp³-hybridized carbons (Fsp3) is 0.625. The summed E-state index contributed by atoms with van der Waals surface area (Å²) in [4.78, 5) is 0. The van der Waals surface area contributed by atoms with E-state index in [1.54, 1.807) is 7.11 Å². The minimum atomic E-state index is 0.282. The Labute approximate surface area is 145 Å². The van der Waals surface area contributed by atoms with Gasteiger partial charge in [0.15, 0.2) is 0 Å². The maximum Gasteiger partial charge on any atom is 0.147 e. The van der Waals surface area contributed by atoms with Crippen molar-refractivity contribution in [3.05, 3.63) is 26.6 Å². The van der Waals surface area contributed by atoms with Gasteiger partial charge < -0.3 is 14.8 Å². The zero-order chi connectivity index (χ0) is 15.9. The minimum absolute atomic E-state index is 0.282. The fourth-order valence-electron chi connectivity index (χ4n) is 1.72. The van der Waals surface area contributed by atoms with Crippen LogP contribution in [0, 0.1) is 5.41 Å². The van der Waals surface area contributed by atoms with E-state index in [4.69, 9.17) is 9.47 Å². The van der Waals surface area contributed by atoms with E-state index in [9.17, 15) is 0 Å². The minimum Gasteiger partial charge on any atom is -0.491 e. The number of hydrogen-bond donors (Lipinski definition) is 1. The van der Waals surface area contributed by atoms with Crippen molar-refractivity contribution in [1.82, 2.24) is 5.32 Å². The maximum absolute atomic E-state index is 5.91. The summed E-state index contributed by atoms with van der Waals surface area (Å²) in [6, 6.07) is 4.19. The van der Waals surface area contributed by atoms with Crippen molar-refractivity contribution in [2.45, 2.75) is 33.7 Å². The average Bonchev–Trinajstić information content (AvgIpc) is 2.37. The van der Waals surface area contributed by atoms with Crippen LogP contribution in [0.3, 0.4) is 0 Å². The predicted octanol–water partition coefficient (Wildman–Crippen LogP) is 4.76. The molecule has 1 N–H and O–H groups in total. The summed E-state index contributed by atoms with van der Waals surface area (Å²) in [5.74, 6) is 0.875. The lowest BCUT2D eigenvalue weighted by Crippen LogP contribution is -2.18. The Hall–Kier alpha value is -0.100. The molecule has 0 aliphatic carbocycles. The smallest absolute Gasteiger partial charge is 0.147 e. The Balaban J connectivity index is 2.58. The van der Waals surface area contributed by atoms with Crippen molar-refractivity contribution in [2.24, 2.45) is 5.41 Å². The molecule has 0 heterocycles. The molecular weight excluding hydrogens is 398 g/mol. The Morgan fingerprint density at radius 3 is 2.24 bits per heavy atom. The normalized spacial score (nSPS) is 11.7. The van der Waals surface area contributed by atoms with Crippen molar-refractivity contribution < 1.29 is 9.47 Å². The molecule has 1 rings (SSSR count). The molecule has 120 valence electrons. The number of halogens is 2. The summed E-state index contributed by atoms with van der Waals surface area (Å²) >= 11 is 7.19. The van der Waals surface area contributed by atoms with Gasteiger partial charge in [0, 0.05) is 20.2 Å². The Morgan fingerprint density at radius 2 is 1.71 bits per heavy atom. The molecule has 0 saturated carbocycles. The molecule has 1 aromatic rings. The number of benzene rings is 1. The summed E-state index contributed by atoms with van der Waals surface area (Å²) in [5.41, 5.74) is 1.48. The van der Waals surface area contributed by atoms with Gasteiger partial charge in [0.25, 0.3) is 0 Å². The van der Waals surface area contributed by atoms with E-state index in [1.165, 1.54) is 5.56 Å². The molecule has 0 amide bonds. The molecule has 0 aliphatic heterocycles. The molecule has 0 bridgehead atoms. The van der Waals surface area contributed by atoms with Gasteiger partial charge in [-0.25, -0.2) is 0 Å². The number of rotatable bonds is 8. The lowest BCUT2D eigenvalue weighted by molar-refractivity contribution is 0.199. The molecule has 0 spiro atoms. The van der Waals surface area contributed by atoms with E-state index >= 15 is 0 Å². The highest BCUT2D eigenvalue weighted by atomic mass is 79.9. The first-order valence-corrected chi connectivity index (χ1v) is 8.72. The van der Waals surface area contributed by atoms with Gasteiger partial charge in [-0.1, -0.05) is 20.8 Å². The summed E-state index contributed by atoms with van der Waals surface area (Å²) in [7, 11) is 1.71. The topological polar surface area (TPSA) is 30.5 Å². The number of ether oxygens (including phenoxy) is 2. The third kappa shape index (κ3) is 7.63. The molecule has 0 atom stereocenters. The van der Waals surface area contributed by atoms with E-state index in [0.29, 0.717) is 6.61 Å². The van der Waals surface area contributed by atoms with Crippen molar-refractivity contribution in [3.63, 3.8) is 0 Å². The second-order valence-electron chi connectivity index (χ2n) is 6.22. The van der Waals surface area contributed by atoms with Crippen LogP contribution < -0.4 is 10.1 Å². The number of methoxy groups -OCH3 is 1. The molecule has 0 aromatic heterocycles. The van der Waals surface area contributed by atoms with Crippen LogP contribution in [0.15, 0.2) is 21.1 Å². The third-order valence-electron chi connectivity index (χ3n) is 2.97. The number of nitrogens with one attached hydrogen (secondary N) is 1. The monoisotopic (exact) mass is 421 g/mol. The molecular formula is C16H25Br2NO2. The van der Waals surface area contributed by atoms with Crippen molar-refractivity contribution >= 4 is 31.9 Å². The third-order valence-corrected chi connectivity index (χ3v) is 4.15. The van der Waals surface area contributed by atoms with E-state index in [2.05, 4.69) is 70.1 Å². The molecule has 0 radical (unpaired) electrons. The maximum atomic E-state index is 5.91. The van der Waals surface area contributed by atoms with Crippen LogP contribution in [0.2, 0.25) is 0 Å². The first kappa shape index (κ1) is 18.9. The quantitative estimate of drug-likeness (QED) is 0.612. The van der Waals surface area contributed by atoms with Gasteiger partial charge in [-0.2, -0.15) is 0 Å². The van der Waals surface area contributed by atoms with Gasteiger partial charge in [0.1, 0.15) is 5.75 Å². The molecule has 1 aromatic carbocycles. The highest BCUT2D eigenvalue weighted by Crippen LogP contribution is 2.35. The summed E-state index contributed by atoms with van der Waals surface area (Å²) in [6.45, 7) is 9.74. The Kier molecular flexibility index (Phi) is 8.24. The Bertz CT molecular complexity index is 421. The second-order valence-corrected chi connectivity index (χ2v) is 7.93. The van der Waals surface area contributed by atoms with Crippen molar-refractivity contribution in [3.8, 4) is 5.75 Å². The van der Waals surface area contributed by atoms with Gasteiger partial charge in [-0.3, -0.25) is 0 Å². The van der Waals surface area contributed by atoms with Crippen LogP contribution in [0.1, 0.15) is 32.8 Å². The van der Waals surface area contributed by atoms with E-state index in [-0.39, 0.29) is 5.41 Å². The largest absolute Gasteiger partial charge is 0.491 e. The average molecular weight is 423 g/mol.